The first-order valence-electron chi connectivity index (χ1n) is 11.1. The van der Waals surface area contributed by atoms with Crippen molar-refractivity contribution in [2.24, 2.45) is 23.7 Å². The van der Waals surface area contributed by atoms with Gasteiger partial charge in [-0.3, -0.25) is 0 Å². The third-order valence-electron chi connectivity index (χ3n) is 7.10. The lowest BCUT2D eigenvalue weighted by molar-refractivity contribution is 0.142. The van der Waals surface area contributed by atoms with Gasteiger partial charge >= 0.3 is 0 Å². The highest BCUT2D eigenvalue weighted by molar-refractivity contribution is 5.05. The highest BCUT2D eigenvalue weighted by Gasteiger charge is 2.30. The molecule has 0 spiro atoms. The molecule has 0 amide bonds. The summed E-state index contributed by atoms with van der Waals surface area (Å²) in [5, 5.41) is 0. The van der Waals surface area contributed by atoms with Gasteiger partial charge in [-0.2, -0.15) is 0 Å². The molecule has 1 aromatic heterocycles. The van der Waals surface area contributed by atoms with Crippen LogP contribution in [-0.4, -0.2) is 9.97 Å². The number of hydrogen-bond acceptors (Lipinski definition) is 2. The second kappa shape index (κ2) is 9.69. The average molecular weight is 343 g/mol. The highest BCUT2D eigenvalue weighted by Crippen LogP contribution is 2.42. The summed E-state index contributed by atoms with van der Waals surface area (Å²) in [7, 11) is 0. The van der Waals surface area contributed by atoms with Crippen LogP contribution in [0.5, 0.6) is 0 Å². The van der Waals surface area contributed by atoms with Crippen molar-refractivity contribution in [1.29, 1.82) is 0 Å². The van der Waals surface area contributed by atoms with Gasteiger partial charge in [-0.15, -0.1) is 0 Å². The Kier molecular flexibility index (Phi) is 7.31. The molecule has 1 heterocycles. The molecule has 2 heteroatoms. The van der Waals surface area contributed by atoms with Crippen molar-refractivity contribution in [3.05, 3.63) is 23.8 Å². The normalized spacial score (nSPS) is 30.3. The van der Waals surface area contributed by atoms with Gasteiger partial charge in [-0.25, -0.2) is 9.97 Å². The zero-order valence-corrected chi connectivity index (χ0v) is 16.6. The molecule has 0 radical (unpaired) electrons. The molecule has 2 aliphatic carbocycles. The fraction of sp³-hybridized carbons (Fsp3) is 0.826. The predicted octanol–water partition coefficient (Wildman–Crippen LogP) is 6.38. The minimum absolute atomic E-state index is 0.919. The first-order chi connectivity index (χ1) is 12.3. The summed E-state index contributed by atoms with van der Waals surface area (Å²) < 4.78 is 0. The standard InChI is InChI=1S/C23H38N2/c1-3-5-20-16-24-23(25-17-20)15-10-19-8-13-22(14-9-19)21-11-6-18(4-2)7-12-21/h16-19,21-22H,3-15H2,1-2H3/t18-,19-,21-,22-. The summed E-state index contributed by atoms with van der Waals surface area (Å²) in [6.07, 6.45) is 22.0. The number of hydrogen-bond donors (Lipinski definition) is 0. The Balaban J connectivity index is 1.36. The van der Waals surface area contributed by atoms with Crippen LogP contribution in [0, 0.1) is 23.7 Å². The fourth-order valence-electron chi connectivity index (χ4n) is 5.28. The molecule has 2 nitrogen and oxygen atoms in total. The van der Waals surface area contributed by atoms with E-state index in [1.807, 2.05) is 12.4 Å². The molecule has 1 aromatic rings. The van der Waals surface area contributed by atoms with Gasteiger partial charge in [0.2, 0.25) is 0 Å². The molecule has 0 N–H and O–H groups in total. The first-order valence-corrected chi connectivity index (χ1v) is 11.1. The lowest BCUT2D eigenvalue weighted by Crippen LogP contribution is -2.26. The highest BCUT2D eigenvalue weighted by atomic mass is 14.9. The van der Waals surface area contributed by atoms with Crippen LogP contribution in [0.1, 0.15) is 95.9 Å². The first kappa shape index (κ1) is 18.9. The number of aryl methyl sites for hydroxylation is 2. The van der Waals surface area contributed by atoms with Gasteiger partial charge in [-0.1, -0.05) is 52.4 Å². The van der Waals surface area contributed by atoms with Crippen molar-refractivity contribution < 1.29 is 0 Å². The molecule has 0 saturated heterocycles. The molecule has 2 saturated carbocycles. The molecular formula is C23H38N2. The topological polar surface area (TPSA) is 25.8 Å². The minimum atomic E-state index is 0.919. The number of nitrogens with zero attached hydrogens (tertiary/aromatic N) is 2. The second-order valence-corrected chi connectivity index (χ2v) is 8.77. The van der Waals surface area contributed by atoms with Crippen LogP contribution < -0.4 is 0 Å². The van der Waals surface area contributed by atoms with Gasteiger partial charge in [-0.05, 0) is 67.8 Å². The molecular weight excluding hydrogens is 304 g/mol. The molecule has 3 rings (SSSR count). The molecule has 0 aliphatic heterocycles. The molecule has 25 heavy (non-hydrogen) atoms. The van der Waals surface area contributed by atoms with Crippen LogP contribution in [0.15, 0.2) is 12.4 Å². The van der Waals surface area contributed by atoms with Crippen LogP contribution >= 0.6 is 0 Å². The summed E-state index contributed by atoms with van der Waals surface area (Å²) in [5.74, 6) is 5.11. The molecule has 140 valence electrons. The maximum absolute atomic E-state index is 4.57. The van der Waals surface area contributed by atoms with Crippen LogP contribution in [0.4, 0.5) is 0 Å². The summed E-state index contributed by atoms with van der Waals surface area (Å²) in [6, 6.07) is 0. The minimum Gasteiger partial charge on any atom is -0.241 e. The molecule has 0 atom stereocenters. The van der Waals surface area contributed by atoms with Crippen molar-refractivity contribution in [2.75, 3.05) is 0 Å². The van der Waals surface area contributed by atoms with E-state index >= 15 is 0 Å². The van der Waals surface area contributed by atoms with Crippen molar-refractivity contribution in [2.45, 2.75) is 97.3 Å². The molecule has 2 fully saturated rings. The third kappa shape index (κ3) is 5.53. The van der Waals surface area contributed by atoms with Crippen molar-refractivity contribution in [1.82, 2.24) is 9.97 Å². The van der Waals surface area contributed by atoms with Crippen LogP contribution in [-0.2, 0) is 12.8 Å². The predicted molar refractivity (Wildman–Crippen MR) is 106 cm³/mol. The number of aromatic nitrogens is 2. The summed E-state index contributed by atoms with van der Waals surface area (Å²) in [4.78, 5) is 9.15. The van der Waals surface area contributed by atoms with Gasteiger partial charge in [0, 0.05) is 18.8 Å². The largest absolute Gasteiger partial charge is 0.241 e. The van der Waals surface area contributed by atoms with E-state index in [9.17, 15) is 0 Å². The Morgan fingerprint density at radius 3 is 1.84 bits per heavy atom. The summed E-state index contributed by atoms with van der Waals surface area (Å²) in [6.45, 7) is 4.58. The molecule has 0 aromatic carbocycles. The number of rotatable bonds is 7. The fourth-order valence-corrected chi connectivity index (χ4v) is 5.28. The van der Waals surface area contributed by atoms with Crippen molar-refractivity contribution >= 4 is 0 Å². The monoisotopic (exact) mass is 342 g/mol. The zero-order chi connectivity index (χ0) is 17.5. The van der Waals surface area contributed by atoms with Gasteiger partial charge in [0.25, 0.3) is 0 Å². The van der Waals surface area contributed by atoms with Gasteiger partial charge in [0.15, 0.2) is 0 Å². The van der Waals surface area contributed by atoms with E-state index in [4.69, 9.17) is 0 Å². The Morgan fingerprint density at radius 2 is 1.32 bits per heavy atom. The van der Waals surface area contributed by atoms with Crippen LogP contribution in [0.25, 0.3) is 0 Å². The second-order valence-electron chi connectivity index (χ2n) is 8.77. The lowest BCUT2D eigenvalue weighted by Gasteiger charge is -2.37. The maximum Gasteiger partial charge on any atom is 0.128 e. The van der Waals surface area contributed by atoms with Gasteiger partial charge in [0.05, 0.1) is 0 Å². The van der Waals surface area contributed by atoms with Crippen molar-refractivity contribution in [3.63, 3.8) is 0 Å². The summed E-state index contributed by atoms with van der Waals surface area (Å²) >= 11 is 0. The average Bonchev–Trinajstić information content (AvgIpc) is 2.68. The Hall–Kier alpha value is -0.920. The van der Waals surface area contributed by atoms with Crippen LogP contribution in [0.2, 0.25) is 0 Å². The molecule has 0 bridgehead atoms. The van der Waals surface area contributed by atoms with E-state index in [1.165, 1.54) is 76.2 Å². The van der Waals surface area contributed by atoms with E-state index in [2.05, 4.69) is 23.8 Å². The molecule has 0 unspecified atom stereocenters. The lowest BCUT2D eigenvalue weighted by atomic mass is 9.68. The summed E-state index contributed by atoms with van der Waals surface area (Å²) in [5.41, 5.74) is 1.28. The smallest absolute Gasteiger partial charge is 0.128 e. The van der Waals surface area contributed by atoms with E-state index in [-0.39, 0.29) is 0 Å². The van der Waals surface area contributed by atoms with Gasteiger partial charge < -0.3 is 0 Å². The Labute approximate surface area is 155 Å². The maximum atomic E-state index is 4.57. The van der Waals surface area contributed by atoms with E-state index in [0.29, 0.717) is 0 Å². The Bertz CT molecular complexity index is 479. The van der Waals surface area contributed by atoms with E-state index < -0.39 is 0 Å². The van der Waals surface area contributed by atoms with E-state index in [0.717, 1.165) is 42.3 Å². The molecule has 2 aliphatic rings. The van der Waals surface area contributed by atoms with Crippen LogP contribution in [0.3, 0.4) is 0 Å². The SMILES string of the molecule is CCCc1cnc(CC[C@H]2CC[C@H]([C@H]3CC[C@H](CC)CC3)CC2)nc1. The quantitative estimate of drug-likeness (QED) is 0.574. The third-order valence-corrected chi connectivity index (χ3v) is 7.10. The van der Waals surface area contributed by atoms with E-state index in [1.54, 1.807) is 0 Å². The zero-order valence-electron chi connectivity index (χ0n) is 16.6. The Morgan fingerprint density at radius 1 is 0.760 bits per heavy atom. The van der Waals surface area contributed by atoms with Gasteiger partial charge in [0.1, 0.15) is 5.82 Å². The van der Waals surface area contributed by atoms with Crippen molar-refractivity contribution in [3.8, 4) is 0 Å².